The lowest BCUT2D eigenvalue weighted by Gasteiger charge is -2.26. The summed E-state index contributed by atoms with van der Waals surface area (Å²) in [5, 5.41) is 3.89. The molecule has 0 spiro atoms. The Hall–Kier alpha value is -2.99. The summed E-state index contributed by atoms with van der Waals surface area (Å²) in [6, 6.07) is 17.7. The lowest BCUT2D eigenvalue weighted by Crippen LogP contribution is -2.33. The van der Waals surface area contributed by atoms with Gasteiger partial charge in [-0.3, -0.25) is 0 Å². The van der Waals surface area contributed by atoms with Crippen LogP contribution in [0.3, 0.4) is 0 Å². The molecule has 6 heteroatoms. The Balaban J connectivity index is 1.82. The number of rotatable bonds is 7. The summed E-state index contributed by atoms with van der Waals surface area (Å²) in [5.41, 5.74) is 3.04. The highest BCUT2D eigenvalue weighted by molar-refractivity contribution is 7.80. The molecule has 1 heterocycles. The number of hydrogen-bond donors (Lipinski definition) is 1. The van der Waals surface area contributed by atoms with E-state index in [2.05, 4.69) is 5.32 Å². The van der Waals surface area contributed by atoms with E-state index in [0.717, 1.165) is 34.1 Å². The Morgan fingerprint density at radius 1 is 1.04 bits per heavy atom. The molecule has 0 aliphatic heterocycles. The Bertz CT molecular complexity index is 925. The fraction of sp³-hybridized carbons (Fsp3) is 0.227. The van der Waals surface area contributed by atoms with Crippen molar-refractivity contribution in [3.05, 3.63) is 77.7 Å². The van der Waals surface area contributed by atoms with Crippen molar-refractivity contribution < 1.29 is 13.9 Å². The molecule has 0 radical (unpaired) electrons. The number of methoxy groups -OCH3 is 2. The van der Waals surface area contributed by atoms with E-state index >= 15 is 0 Å². The number of nitrogens with zero attached hydrogens (tertiary/aromatic N) is 1. The number of anilines is 1. The average Bonchev–Trinajstić information content (AvgIpc) is 3.22. The second-order valence-electron chi connectivity index (χ2n) is 6.42. The van der Waals surface area contributed by atoms with Crippen molar-refractivity contribution in [3.63, 3.8) is 0 Å². The summed E-state index contributed by atoms with van der Waals surface area (Å²) in [6.45, 7) is 3.18. The van der Waals surface area contributed by atoms with E-state index in [0.29, 0.717) is 18.2 Å². The minimum absolute atomic E-state index is 0.546. The number of furan rings is 1. The molecule has 3 rings (SSSR count). The fourth-order valence-corrected chi connectivity index (χ4v) is 3.12. The molecule has 0 saturated carbocycles. The van der Waals surface area contributed by atoms with Crippen LogP contribution >= 0.6 is 12.2 Å². The highest BCUT2D eigenvalue weighted by atomic mass is 32.1. The van der Waals surface area contributed by atoms with Crippen LogP contribution in [0.25, 0.3) is 0 Å². The van der Waals surface area contributed by atoms with E-state index in [1.165, 1.54) is 0 Å². The van der Waals surface area contributed by atoms with Gasteiger partial charge in [-0.1, -0.05) is 18.2 Å². The van der Waals surface area contributed by atoms with Gasteiger partial charge in [-0.2, -0.15) is 0 Å². The Morgan fingerprint density at radius 2 is 1.89 bits per heavy atom. The minimum atomic E-state index is 0.546. The SMILES string of the molecule is COc1cccc(CN(Cc2ccco2)C(=S)Nc2ccc(C)cc2OC)c1. The van der Waals surface area contributed by atoms with Gasteiger partial charge in [0.2, 0.25) is 0 Å². The molecular weight excluding hydrogens is 372 g/mol. The smallest absolute Gasteiger partial charge is 0.174 e. The molecule has 0 aliphatic rings. The lowest BCUT2D eigenvalue weighted by atomic mass is 10.2. The minimum Gasteiger partial charge on any atom is -0.497 e. The molecule has 0 atom stereocenters. The molecule has 0 fully saturated rings. The van der Waals surface area contributed by atoms with Crippen LogP contribution in [0, 0.1) is 6.92 Å². The van der Waals surface area contributed by atoms with Crippen LogP contribution in [-0.2, 0) is 13.1 Å². The molecule has 5 nitrogen and oxygen atoms in total. The van der Waals surface area contributed by atoms with Crippen molar-refractivity contribution in [2.24, 2.45) is 0 Å². The first kappa shape index (κ1) is 19.8. The number of nitrogens with one attached hydrogen (secondary N) is 1. The van der Waals surface area contributed by atoms with Crippen molar-refractivity contribution >= 4 is 23.0 Å². The third-order valence-electron chi connectivity index (χ3n) is 4.32. The van der Waals surface area contributed by atoms with Gasteiger partial charge in [0, 0.05) is 6.54 Å². The zero-order valence-corrected chi connectivity index (χ0v) is 17.1. The summed E-state index contributed by atoms with van der Waals surface area (Å²) < 4.78 is 16.4. The van der Waals surface area contributed by atoms with Crippen molar-refractivity contribution in [1.82, 2.24) is 4.90 Å². The van der Waals surface area contributed by atoms with Gasteiger partial charge in [0.1, 0.15) is 17.3 Å². The maximum atomic E-state index is 5.72. The van der Waals surface area contributed by atoms with Crippen LogP contribution in [0.5, 0.6) is 11.5 Å². The Labute approximate surface area is 170 Å². The molecule has 146 valence electrons. The van der Waals surface area contributed by atoms with Crippen LogP contribution in [0.2, 0.25) is 0 Å². The van der Waals surface area contributed by atoms with E-state index < -0.39 is 0 Å². The number of hydrogen-bond acceptors (Lipinski definition) is 4. The topological polar surface area (TPSA) is 46.9 Å². The van der Waals surface area contributed by atoms with Crippen LogP contribution < -0.4 is 14.8 Å². The molecule has 0 aliphatic carbocycles. The van der Waals surface area contributed by atoms with Crippen molar-refractivity contribution in [2.45, 2.75) is 20.0 Å². The largest absolute Gasteiger partial charge is 0.497 e. The van der Waals surface area contributed by atoms with Gasteiger partial charge in [-0.15, -0.1) is 0 Å². The molecule has 0 amide bonds. The van der Waals surface area contributed by atoms with Crippen LogP contribution in [0.1, 0.15) is 16.9 Å². The summed E-state index contributed by atoms with van der Waals surface area (Å²) in [5.74, 6) is 2.40. The zero-order valence-electron chi connectivity index (χ0n) is 16.3. The summed E-state index contributed by atoms with van der Waals surface area (Å²) in [7, 11) is 3.31. The fourth-order valence-electron chi connectivity index (χ4n) is 2.88. The predicted octanol–water partition coefficient (Wildman–Crippen LogP) is 5.00. The van der Waals surface area contributed by atoms with Crippen LogP contribution in [0.15, 0.2) is 65.3 Å². The summed E-state index contributed by atoms with van der Waals surface area (Å²) in [4.78, 5) is 2.04. The molecule has 28 heavy (non-hydrogen) atoms. The van der Waals surface area contributed by atoms with Crippen molar-refractivity contribution in [3.8, 4) is 11.5 Å². The van der Waals surface area contributed by atoms with E-state index in [4.69, 9.17) is 26.1 Å². The third-order valence-corrected chi connectivity index (χ3v) is 4.68. The van der Waals surface area contributed by atoms with Gasteiger partial charge in [0.15, 0.2) is 5.11 Å². The van der Waals surface area contributed by atoms with Crippen molar-refractivity contribution in [1.29, 1.82) is 0 Å². The van der Waals surface area contributed by atoms with Gasteiger partial charge >= 0.3 is 0 Å². The normalized spacial score (nSPS) is 10.4. The zero-order chi connectivity index (χ0) is 19.9. The van der Waals surface area contributed by atoms with Gasteiger partial charge < -0.3 is 24.1 Å². The number of ether oxygens (including phenoxy) is 2. The first-order chi connectivity index (χ1) is 13.6. The third kappa shape index (κ3) is 5.04. The van der Waals surface area contributed by atoms with Gasteiger partial charge in [-0.25, -0.2) is 0 Å². The molecule has 0 bridgehead atoms. The highest BCUT2D eigenvalue weighted by Gasteiger charge is 2.15. The lowest BCUT2D eigenvalue weighted by molar-refractivity contribution is 0.358. The second-order valence-corrected chi connectivity index (χ2v) is 6.81. The quantitative estimate of drug-likeness (QED) is 0.567. The van der Waals surface area contributed by atoms with Gasteiger partial charge in [0.05, 0.1) is 32.7 Å². The predicted molar refractivity (Wildman–Crippen MR) is 115 cm³/mol. The highest BCUT2D eigenvalue weighted by Crippen LogP contribution is 2.26. The number of thiocarbonyl (C=S) groups is 1. The van der Waals surface area contributed by atoms with E-state index in [9.17, 15) is 0 Å². The monoisotopic (exact) mass is 396 g/mol. The maximum absolute atomic E-state index is 5.72. The standard InChI is InChI=1S/C22H24N2O3S/c1-16-9-10-20(21(12-16)26-3)23-22(28)24(15-19-8-5-11-27-19)14-17-6-4-7-18(13-17)25-2/h4-13H,14-15H2,1-3H3,(H,23,28). The molecule has 1 N–H and O–H groups in total. The average molecular weight is 397 g/mol. The van der Waals surface area contributed by atoms with Gasteiger partial charge in [0.25, 0.3) is 0 Å². The second kappa shape index (κ2) is 9.28. The summed E-state index contributed by atoms with van der Waals surface area (Å²) in [6.07, 6.45) is 1.67. The number of aryl methyl sites for hydroxylation is 1. The molecule has 0 saturated heterocycles. The molecule has 0 unspecified atom stereocenters. The Kier molecular flexibility index (Phi) is 6.55. The van der Waals surface area contributed by atoms with Gasteiger partial charge in [-0.05, 0) is 66.7 Å². The van der Waals surface area contributed by atoms with Crippen LogP contribution in [0.4, 0.5) is 5.69 Å². The van der Waals surface area contributed by atoms with E-state index in [1.807, 2.05) is 66.4 Å². The summed E-state index contributed by atoms with van der Waals surface area (Å²) >= 11 is 5.72. The first-order valence-electron chi connectivity index (χ1n) is 8.95. The first-order valence-corrected chi connectivity index (χ1v) is 9.35. The molecule has 1 aromatic heterocycles. The van der Waals surface area contributed by atoms with Crippen molar-refractivity contribution in [2.75, 3.05) is 19.5 Å². The van der Waals surface area contributed by atoms with E-state index in [-0.39, 0.29) is 0 Å². The molecule has 2 aromatic carbocycles. The Morgan fingerprint density at radius 3 is 2.61 bits per heavy atom. The van der Waals surface area contributed by atoms with Crippen LogP contribution in [-0.4, -0.2) is 24.2 Å². The number of benzene rings is 2. The molecular formula is C22H24N2O3S. The maximum Gasteiger partial charge on any atom is 0.174 e. The molecule has 3 aromatic rings. The van der Waals surface area contributed by atoms with E-state index in [1.54, 1.807) is 20.5 Å².